The highest BCUT2D eigenvalue weighted by Gasteiger charge is 2.42. The molecule has 0 unspecified atom stereocenters. The van der Waals surface area contributed by atoms with Crippen LogP contribution in [-0.2, 0) is 14.4 Å². The van der Waals surface area contributed by atoms with Crippen LogP contribution < -0.4 is 10.6 Å². The molecule has 2 atom stereocenters. The highest BCUT2D eigenvalue weighted by atomic mass is 32.2. The molecule has 2 aliphatic heterocycles. The summed E-state index contributed by atoms with van der Waals surface area (Å²) in [5, 5.41) is 5.85. The molecule has 194 valence electrons. The number of benzene rings is 2. The first-order valence-corrected chi connectivity index (χ1v) is 13.7. The highest BCUT2D eigenvalue weighted by Crippen LogP contribution is 2.36. The number of aliphatic imine (C=N–C) groups is 2. The van der Waals surface area contributed by atoms with Crippen molar-refractivity contribution < 1.29 is 14.4 Å². The van der Waals surface area contributed by atoms with Crippen LogP contribution >= 0.6 is 11.8 Å². The second-order valence-electron chi connectivity index (χ2n) is 9.17. The zero-order chi connectivity index (χ0) is 26.4. The summed E-state index contributed by atoms with van der Waals surface area (Å²) in [6, 6.07) is 14.5. The van der Waals surface area contributed by atoms with Gasteiger partial charge in [-0.25, -0.2) is 9.89 Å². The van der Waals surface area contributed by atoms with Crippen molar-refractivity contribution in [1.29, 1.82) is 0 Å². The van der Waals surface area contributed by atoms with Crippen LogP contribution in [0.2, 0.25) is 0 Å². The Morgan fingerprint density at radius 1 is 1.14 bits per heavy atom. The number of carbonyl (C=O) groups is 3. The van der Waals surface area contributed by atoms with Crippen LogP contribution in [-0.4, -0.2) is 51.5 Å². The summed E-state index contributed by atoms with van der Waals surface area (Å²) in [5.41, 5.74) is 3.27. The van der Waals surface area contributed by atoms with E-state index in [0.29, 0.717) is 36.1 Å². The van der Waals surface area contributed by atoms with Gasteiger partial charge in [-0.3, -0.25) is 19.4 Å². The Morgan fingerprint density at radius 2 is 1.95 bits per heavy atom. The van der Waals surface area contributed by atoms with E-state index in [1.807, 2.05) is 62.4 Å². The van der Waals surface area contributed by atoms with Crippen LogP contribution in [0.3, 0.4) is 0 Å². The summed E-state index contributed by atoms with van der Waals surface area (Å²) in [4.78, 5) is 49.9. The third kappa shape index (κ3) is 6.28. The van der Waals surface area contributed by atoms with E-state index in [2.05, 4.69) is 17.6 Å². The van der Waals surface area contributed by atoms with Crippen molar-refractivity contribution in [3.8, 4) is 0 Å². The number of unbranched alkanes of at least 4 members (excludes halogenated alkanes) is 1. The average molecular weight is 520 g/mol. The quantitative estimate of drug-likeness (QED) is 0.440. The number of nitrogens with one attached hydrogen (secondary N) is 2. The standard InChI is InChI=1S/C28H33N5O3S/c1-4-6-16-29-24(34)15-14-22-27(36)33-25(31-22)20-12-7-8-13-21(20)32-28(33)37-23(5-2)26(35)30-19-11-9-10-18(3)17-19/h7-13,17,22-23H,4-6,14-16H2,1-3H3,(H,29,34)(H,30,35)/t22-,23-/m0/s1. The SMILES string of the molecule is CCCCNC(=O)CC[C@@H]1N=C2c3ccccc3N=C(S[C@@H](CC)C(=O)Nc3cccc(C)c3)N2C1=O. The molecule has 0 saturated carbocycles. The molecule has 9 heteroatoms. The van der Waals surface area contributed by atoms with E-state index in [-0.39, 0.29) is 24.1 Å². The first-order valence-electron chi connectivity index (χ1n) is 12.8. The average Bonchev–Trinajstić information content (AvgIpc) is 3.22. The molecular formula is C28H33N5O3S. The van der Waals surface area contributed by atoms with Gasteiger partial charge in [-0.15, -0.1) is 0 Å². The van der Waals surface area contributed by atoms with Crippen molar-refractivity contribution in [3.63, 3.8) is 0 Å². The molecule has 0 aromatic heterocycles. The molecule has 0 bridgehead atoms. The number of hydrogen-bond acceptors (Lipinski definition) is 6. The lowest BCUT2D eigenvalue weighted by Crippen LogP contribution is -2.42. The number of aryl methyl sites for hydroxylation is 1. The first kappa shape index (κ1) is 26.6. The number of fused-ring (bicyclic) bond motifs is 3. The van der Waals surface area contributed by atoms with Gasteiger partial charge in [0.15, 0.2) is 5.17 Å². The van der Waals surface area contributed by atoms with Crippen molar-refractivity contribution in [2.75, 3.05) is 11.9 Å². The topological polar surface area (TPSA) is 103 Å². The van der Waals surface area contributed by atoms with Gasteiger partial charge >= 0.3 is 0 Å². The Hall–Kier alpha value is -3.46. The van der Waals surface area contributed by atoms with E-state index in [0.717, 1.165) is 29.7 Å². The molecule has 0 aliphatic carbocycles. The van der Waals surface area contributed by atoms with Gasteiger partial charge in [0.05, 0.1) is 10.9 Å². The Balaban J connectivity index is 1.52. The van der Waals surface area contributed by atoms with E-state index < -0.39 is 11.3 Å². The lowest BCUT2D eigenvalue weighted by atomic mass is 10.1. The summed E-state index contributed by atoms with van der Waals surface area (Å²) < 4.78 is 0. The van der Waals surface area contributed by atoms with E-state index in [9.17, 15) is 14.4 Å². The molecule has 2 N–H and O–H groups in total. The second kappa shape index (κ2) is 12.2. The number of rotatable bonds is 10. The number of hydrogen-bond donors (Lipinski definition) is 2. The van der Waals surface area contributed by atoms with Gasteiger partial charge in [-0.05, 0) is 56.0 Å². The summed E-state index contributed by atoms with van der Waals surface area (Å²) in [5.74, 6) is 0.0911. The fraction of sp³-hybridized carbons (Fsp3) is 0.393. The van der Waals surface area contributed by atoms with Crippen molar-refractivity contribution in [1.82, 2.24) is 10.2 Å². The molecule has 2 aromatic rings. The number of amides is 3. The normalized spacial score (nSPS) is 16.9. The van der Waals surface area contributed by atoms with Gasteiger partial charge in [-0.2, -0.15) is 0 Å². The molecule has 0 saturated heterocycles. The maximum atomic E-state index is 13.5. The van der Waals surface area contributed by atoms with Crippen LogP contribution in [0.4, 0.5) is 11.4 Å². The number of nitrogens with zero attached hydrogens (tertiary/aromatic N) is 3. The Labute approximate surface area is 222 Å². The van der Waals surface area contributed by atoms with Gasteiger partial charge in [0.25, 0.3) is 5.91 Å². The molecular weight excluding hydrogens is 486 g/mol. The summed E-state index contributed by atoms with van der Waals surface area (Å²) in [6.07, 6.45) is 3.03. The summed E-state index contributed by atoms with van der Waals surface area (Å²) in [7, 11) is 0. The predicted molar refractivity (Wildman–Crippen MR) is 149 cm³/mol. The van der Waals surface area contributed by atoms with E-state index in [1.165, 1.54) is 16.7 Å². The van der Waals surface area contributed by atoms with Crippen LogP contribution in [0.25, 0.3) is 0 Å². The third-order valence-electron chi connectivity index (χ3n) is 6.24. The smallest absolute Gasteiger partial charge is 0.259 e. The minimum Gasteiger partial charge on any atom is -0.356 e. The molecule has 4 rings (SSSR count). The zero-order valence-corrected chi connectivity index (χ0v) is 22.3. The van der Waals surface area contributed by atoms with E-state index >= 15 is 0 Å². The summed E-state index contributed by atoms with van der Waals surface area (Å²) in [6.45, 7) is 6.62. The molecule has 8 nitrogen and oxygen atoms in total. The van der Waals surface area contributed by atoms with Crippen LogP contribution in [0.1, 0.15) is 57.1 Å². The predicted octanol–water partition coefficient (Wildman–Crippen LogP) is 4.80. The number of amidine groups is 2. The van der Waals surface area contributed by atoms with Crippen LogP contribution in [0, 0.1) is 6.92 Å². The molecule has 3 amide bonds. The number of anilines is 1. The Bertz CT molecular complexity index is 1240. The molecule has 0 spiro atoms. The van der Waals surface area contributed by atoms with Gasteiger partial charge in [0, 0.05) is 24.2 Å². The fourth-order valence-electron chi connectivity index (χ4n) is 4.23. The zero-order valence-electron chi connectivity index (χ0n) is 21.5. The number of para-hydroxylation sites is 1. The minimum atomic E-state index is -0.662. The monoisotopic (exact) mass is 519 g/mol. The maximum Gasteiger partial charge on any atom is 0.259 e. The molecule has 0 fully saturated rings. The number of thioether (sulfide) groups is 1. The molecule has 0 radical (unpaired) electrons. The third-order valence-corrected chi connectivity index (χ3v) is 7.56. The van der Waals surface area contributed by atoms with E-state index in [4.69, 9.17) is 9.98 Å². The molecule has 2 aromatic carbocycles. The van der Waals surface area contributed by atoms with Gasteiger partial charge in [0.2, 0.25) is 11.8 Å². The number of carbonyl (C=O) groups excluding carboxylic acids is 3. The largest absolute Gasteiger partial charge is 0.356 e. The van der Waals surface area contributed by atoms with Crippen molar-refractivity contribution in [2.24, 2.45) is 9.98 Å². The molecule has 37 heavy (non-hydrogen) atoms. The van der Waals surface area contributed by atoms with Crippen LogP contribution in [0.5, 0.6) is 0 Å². The van der Waals surface area contributed by atoms with Crippen molar-refractivity contribution in [3.05, 3.63) is 59.7 Å². The summed E-state index contributed by atoms with van der Waals surface area (Å²) >= 11 is 1.26. The van der Waals surface area contributed by atoms with Gasteiger partial charge in [0.1, 0.15) is 11.9 Å². The van der Waals surface area contributed by atoms with Crippen molar-refractivity contribution >= 4 is 51.9 Å². The lowest BCUT2D eigenvalue weighted by Gasteiger charge is -2.27. The molecule has 2 aliphatic rings. The fourth-order valence-corrected chi connectivity index (χ4v) is 5.25. The second-order valence-corrected chi connectivity index (χ2v) is 10.3. The minimum absolute atomic E-state index is 0.0751. The maximum absolute atomic E-state index is 13.5. The highest BCUT2D eigenvalue weighted by molar-refractivity contribution is 8.15. The molecule has 2 heterocycles. The van der Waals surface area contributed by atoms with E-state index in [1.54, 1.807) is 0 Å². The first-order chi connectivity index (χ1) is 17.9. The Morgan fingerprint density at radius 3 is 2.70 bits per heavy atom. The lowest BCUT2D eigenvalue weighted by molar-refractivity contribution is -0.125. The van der Waals surface area contributed by atoms with Crippen molar-refractivity contribution in [2.45, 2.75) is 64.2 Å². The van der Waals surface area contributed by atoms with Crippen LogP contribution in [0.15, 0.2) is 58.5 Å². The van der Waals surface area contributed by atoms with Gasteiger partial charge in [-0.1, -0.05) is 56.3 Å². The Kier molecular flexibility index (Phi) is 8.76. The van der Waals surface area contributed by atoms with Gasteiger partial charge < -0.3 is 10.6 Å².